The molecule has 0 bridgehead atoms. The number of amides is 1. The van der Waals surface area contributed by atoms with E-state index < -0.39 is 6.04 Å². The van der Waals surface area contributed by atoms with E-state index in [1.54, 1.807) is 16.8 Å². The maximum Gasteiger partial charge on any atom is 0.294 e. The first-order valence-corrected chi connectivity index (χ1v) is 13.1. The summed E-state index contributed by atoms with van der Waals surface area (Å²) in [5.74, 6) is 0.377. The zero-order valence-corrected chi connectivity index (χ0v) is 22.4. The second-order valence-corrected chi connectivity index (χ2v) is 10.1. The molecule has 0 saturated heterocycles. The number of nitrogens with one attached hydrogen (secondary N) is 2. The minimum absolute atomic E-state index is 0.0819. The number of hydrogen-bond donors (Lipinski definition) is 3. The molecule has 2 atom stereocenters. The van der Waals surface area contributed by atoms with E-state index in [0.717, 1.165) is 33.8 Å². The average Bonchev–Trinajstić information content (AvgIpc) is 3.36. The van der Waals surface area contributed by atoms with Crippen LogP contribution in [0.2, 0.25) is 0 Å². The first-order chi connectivity index (χ1) is 18.8. The van der Waals surface area contributed by atoms with E-state index in [1.165, 1.54) is 5.56 Å². The molecular weight excluding hydrogens is 490 g/mol. The normalized spacial score (nSPS) is 15.0. The molecule has 4 N–H and O–H groups in total. The molecule has 4 aromatic rings. The quantitative estimate of drug-likeness (QED) is 0.322. The van der Waals surface area contributed by atoms with Gasteiger partial charge >= 0.3 is 0 Å². The van der Waals surface area contributed by atoms with E-state index in [4.69, 9.17) is 5.73 Å². The smallest absolute Gasteiger partial charge is 0.294 e. The Morgan fingerprint density at radius 3 is 2.51 bits per heavy atom. The number of carbonyl (C=O) groups excluding carboxylic acids is 1. The van der Waals surface area contributed by atoms with Crippen LogP contribution < -0.4 is 21.9 Å². The summed E-state index contributed by atoms with van der Waals surface area (Å²) in [6.45, 7) is 6.66. The standard InChI is InChI=1S/C30H33N7O2/c1-18-4-7-21(8-5-18)24(25-11-6-19(2)14-32-25)17-34-28-30(39)37-23(16-33-28)10-12-26(37)29(38)35-15-22-9-13-27(31)36-20(22)3/h4-9,11,13-14,16,24,26H,10,12,15,17H2,1-3H3,(H2,31,36)(H,33,34)(H,35,38)/t24-,26+/m1/s1. The number of aromatic nitrogens is 4. The Bertz CT molecular complexity index is 1500. The van der Waals surface area contributed by atoms with Crippen molar-refractivity contribution in [3.8, 4) is 0 Å². The van der Waals surface area contributed by atoms with Crippen LogP contribution in [-0.4, -0.2) is 32.0 Å². The predicted molar refractivity (Wildman–Crippen MR) is 152 cm³/mol. The summed E-state index contributed by atoms with van der Waals surface area (Å²) < 4.78 is 1.57. The van der Waals surface area contributed by atoms with Crippen LogP contribution in [0, 0.1) is 20.8 Å². The summed E-state index contributed by atoms with van der Waals surface area (Å²) in [7, 11) is 0. The molecule has 3 aromatic heterocycles. The van der Waals surface area contributed by atoms with Crippen molar-refractivity contribution in [2.75, 3.05) is 17.6 Å². The lowest BCUT2D eigenvalue weighted by Gasteiger charge is -2.20. The van der Waals surface area contributed by atoms with E-state index in [2.05, 4.69) is 56.8 Å². The van der Waals surface area contributed by atoms with Crippen LogP contribution in [0.5, 0.6) is 0 Å². The molecule has 9 heteroatoms. The van der Waals surface area contributed by atoms with Gasteiger partial charge in [-0.15, -0.1) is 0 Å². The van der Waals surface area contributed by atoms with Gasteiger partial charge in [0.15, 0.2) is 5.82 Å². The number of nitrogen functional groups attached to an aromatic ring is 1. The minimum Gasteiger partial charge on any atom is -0.384 e. The summed E-state index contributed by atoms with van der Waals surface area (Å²) in [4.78, 5) is 40.0. The van der Waals surface area contributed by atoms with Crippen LogP contribution in [0.1, 0.15) is 57.7 Å². The fourth-order valence-corrected chi connectivity index (χ4v) is 4.98. The Balaban J connectivity index is 1.35. The Kier molecular flexibility index (Phi) is 7.40. The third kappa shape index (κ3) is 5.67. The lowest BCUT2D eigenvalue weighted by atomic mass is 9.94. The van der Waals surface area contributed by atoms with Gasteiger partial charge in [0.05, 0.1) is 0 Å². The van der Waals surface area contributed by atoms with Crippen LogP contribution in [-0.2, 0) is 17.8 Å². The lowest BCUT2D eigenvalue weighted by molar-refractivity contribution is -0.124. The van der Waals surface area contributed by atoms with Crippen LogP contribution in [0.4, 0.5) is 11.6 Å². The number of benzene rings is 1. The van der Waals surface area contributed by atoms with E-state index in [9.17, 15) is 9.59 Å². The molecule has 200 valence electrons. The number of nitrogens with zero attached hydrogens (tertiary/aromatic N) is 4. The van der Waals surface area contributed by atoms with Crippen molar-refractivity contribution in [2.24, 2.45) is 0 Å². The van der Waals surface area contributed by atoms with E-state index in [1.807, 2.05) is 38.2 Å². The Morgan fingerprint density at radius 1 is 1.03 bits per heavy atom. The Labute approximate surface area is 227 Å². The largest absolute Gasteiger partial charge is 0.384 e. The molecular formula is C30H33N7O2. The molecule has 0 saturated carbocycles. The van der Waals surface area contributed by atoms with Gasteiger partial charge in [0.25, 0.3) is 5.56 Å². The van der Waals surface area contributed by atoms with Crippen LogP contribution >= 0.6 is 0 Å². The number of rotatable bonds is 8. The number of carbonyl (C=O) groups is 1. The number of pyridine rings is 2. The fraction of sp³-hybridized carbons (Fsp3) is 0.300. The zero-order valence-electron chi connectivity index (χ0n) is 22.4. The van der Waals surface area contributed by atoms with Crippen molar-refractivity contribution in [2.45, 2.75) is 52.1 Å². The first kappa shape index (κ1) is 26.1. The molecule has 1 aromatic carbocycles. The molecule has 0 radical (unpaired) electrons. The fourth-order valence-electron chi connectivity index (χ4n) is 4.98. The van der Waals surface area contributed by atoms with Crippen LogP contribution in [0.3, 0.4) is 0 Å². The van der Waals surface area contributed by atoms with Crippen molar-refractivity contribution in [3.63, 3.8) is 0 Å². The highest BCUT2D eigenvalue weighted by molar-refractivity contribution is 5.81. The third-order valence-corrected chi connectivity index (χ3v) is 7.28. The van der Waals surface area contributed by atoms with Crippen molar-refractivity contribution in [1.82, 2.24) is 24.8 Å². The van der Waals surface area contributed by atoms with Gasteiger partial charge in [0.1, 0.15) is 11.9 Å². The topological polar surface area (TPSA) is 128 Å². The molecule has 0 aliphatic carbocycles. The van der Waals surface area contributed by atoms with E-state index in [0.29, 0.717) is 31.7 Å². The number of nitrogens with two attached hydrogens (primary N) is 1. The maximum absolute atomic E-state index is 13.5. The first-order valence-electron chi connectivity index (χ1n) is 13.1. The van der Waals surface area contributed by atoms with Crippen molar-refractivity contribution in [3.05, 3.63) is 111 Å². The van der Waals surface area contributed by atoms with Gasteiger partial charge in [-0.1, -0.05) is 42.0 Å². The molecule has 4 heterocycles. The van der Waals surface area contributed by atoms with Crippen molar-refractivity contribution >= 4 is 17.5 Å². The highest BCUT2D eigenvalue weighted by Crippen LogP contribution is 2.26. The zero-order chi connectivity index (χ0) is 27.5. The third-order valence-electron chi connectivity index (χ3n) is 7.28. The van der Waals surface area contributed by atoms with Crippen LogP contribution in [0.25, 0.3) is 0 Å². The summed E-state index contributed by atoms with van der Waals surface area (Å²) in [5.41, 5.74) is 12.1. The Morgan fingerprint density at radius 2 is 1.79 bits per heavy atom. The monoisotopic (exact) mass is 523 g/mol. The number of hydrogen-bond acceptors (Lipinski definition) is 7. The van der Waals surface area contributed by atoms with Gasteiger partial charge in [0, 0.05) is 48.5 Å². The summed E-state index contributed by atoms with van der Waals surface area (Å²) in [5, 5.41) is 6.23. The number of aryl methyl sites for hydroxylation is 4. The van der Waals surface area contributed by atoms with Crippen LogP contribution in [0.15, 0.2) is 65.7 Å². The van der Waals surface area contributed by atoms with Gasteiger partial charge in [-0.2, -0.15) is 0 Å². The Hall–Kier alpha value is -4.53. The van der Waals surface area contributed by atoms with Gasteiger partial charge < -0.3 is 16.4 Å². The predicted octanol–water partition coefficient (Wildman–Crippen LogP) is 3.59. The van der Waals surface area contributed by atoms with Crippen molar-refractivity contribution in [1.29, 1.82) is 0 Å². The summed E-state index contributed by atoms with van der Waals surface area (Å²) in [6, 6.07) is 15.4. The number of fused-ring (bicyclic) bond motifs is 1. The van der Waals surface area contributed by atoms with Gasteiger partial charge in [-0.05, 0) is 62.4 Å². The maximum atomic E-state index is 13.5. The molecule has 0 unspecified atom stereocenters. The molecule has 0 spiro atoms. The van der Waals surface area contributed by atoms with Gasteiger partial charge in [0.2, 0.25) is 5.91 Å². The van der Waals surface area contributed by atoms with E-state index in [-0.39, 0.29) is 23.2 Å². The molecule has 1 amide bonds. The highest BCUT2D eigenvalue weighted by Gasteiger charge is 2.31. The SMILES string of the molecule is Cc1ccc([C@@H](CNc2ncc3n(c2=O)[C@H](C(=O)NCc2ccc(N)nc2C)CC3)c2ccc(C)cn2)cc1. The molecule has 39 heavy (non-hydrogen) atoms. The molecule has 9 nitrogen and oxygen atoms in total. The second kappa shape index (κ2) is 11.1. The van der Waals surface area contributed by atoms with Gasteiger partial charge in [-0.3, -0.25) is 19.1 Å². The van der Waals surface area contributed by atoms with E-state index >= 15 is 0 Å². The highest BCUT2D eigenvalue weighted by atomic mass is 16.2. The minimum atomic E-state index is -0.593. The average molecular weight is 524 g/mol. The molecule has 1 aliphatic rings. The van der Waals surface area contributed by atoms with Gasteiger partial charge in [-0.25, -0.2) is 9.97 Å². The molecule has 1 aliphatic heterocycles. The lowest BCUT2D eigenvalue weighted by Crippen LogP contribution is -2.36. The molecule has 0 fully saturated rings. The number of anilines is 2. The summed E-state index contributed by atoms with van der Waals surface area (Å²) in [6.07, 6.45) is 4.70. The summed E-state index contributed by atoms with van der Waals surface area (Å²) >= 11 is 0. The second-order valence-electron chi connectivity index (χ2n) is 10.1. The van der Waals surface area contributed by atoms with Crippen molar-refractivity contribution < 1.29 is 4.79 Å². The molecule has 5 rings (SSSR count).